The number of thioether (sulfide) groups is 1. The van der Waals surface area contributed by atoms with Gasteiger partial charge in [-0.05, 0) is 42.5 Å². The Bertz CT molecular complexity index is 910. The zero-order valence-electron chi connectivity index (χ0n) is 14.3. The number of hydrogen-bond donors (Lipinski definition) is 3. The lowest BCUT2D eigenvalue weighted by Gasteiger charge is -2.04. The molecule has 134 valence electrons. The van der Waals surface area contributed by atoms with E-state index in [1.807, 2.05) is 18.2 Å². The Morgan fingerprint density at radius 3 is 2.92 bits per heavy atom. The van der Waals surface area contributed by atoms with Gasteiger partial charge in [0.05, 0.1) is 23.1 Å². The summed E-state index contributed by atoms with van der Waals surface area (Å²) in [7, 11) is 0. The highest BCUT2D eigenvalue weighted by Crippen LogP contribution is 2.23. The second-order valence-corrected chi connectivity index (χ2v) is 6.75. The highest BCUT2D eigenvalue weighted by molar-refractivity contribution is 7.99. The summed E-state index contributed by atoms with van der Waals surface area (Å²) in [6, 6.07) is 9.25. The van der Waals surface area contributed by atoms with Gasteiger partial charge in [0.1, 0.15) is 0 Å². The molecular formula is C18H19N5O2S. The van der Waals surface area contributed by atoms with Gasteiger partial charge in [-0.1, -0.05) is 6.92 Å². The number of fused-ring (bicyclic) bond motifs is 1. The molecule has 0 saturated heterocycles. The van der Waals surface area contributed by atoms with Crippen LogP contribution >= 0.6 is 11.8 Å². The third-order valence-corrected chi connectivity index (χ3v) is 4.72. The smallest absolute Gasteiger partial charge is 0.253 e. The standard InChI is InChI=1S/C18H19N5O2S/c1-2-8-26-13-5-6-14-15(9-13)22-18(21-14)23-16(24)11-20-17(25)12-4-3-7-19-10-12/h3-7,9-10H,2,8,11H2,1H3,(H,20,25)(H2,21,22,23,24). The predicted molar refractivity (Wildman–Crippen MR) is 102 cm³/mol. The van der Waals surface area contributed by atoms with Crippen LogP contribution in [0.25, 0.3) is 11.0 Å². The van der Waals surface area contributed by atoms with Crippen molar-refractivity contribution in [1.82, 2.24) is 20.3 Å². The number of rotatable bonds is 7. The molecule has 2 amide bonds. The third-order valence-electron chi connectivity index (χ3n) is 3.52. The molecule has 0 spiro atoms. The predicted octanol–water partition coefficient (Wildman–Crippen LogP) is 2.83. The molecule has 0 fully saturated rings. The van der Waals surface area contributed by atoms with Gasteiger partial charge in [0.2, 0.25) is 11.9 Å². The number of carbonyl (C=O) groups excluding carboxylic acids is 2. The summed E-state index contributed by atoms with van der Waals surface area (Å²) in [4.78, 5) is 36.4. The van der Waals surface area contributed by atoms with Crippen LogP contribution in [0.2, 0.25) is 0 Å². The minimum Gasteiger partial charge on any atom is -0.343 e. The lowest BCUT2D eigenvalue weighted by Crippen LogP contribution is -2.33. The largest absolute Gasteiger partial charge is 0.343 e. The molecule has 3 aromatic rings. The van der Waals surface area contributed by atoms with E-state index in [1.54, 1.807) is 30.1 Å². The summed E-state index contributed by atoms with van der Waals surface area (Å²) in [6.45, 7) is 1.99. The first-order valence-corrected chi connectivity index (χ1v) is 9.25. The van der Waals surface area contributed by atoms with Crippen molar-refractivity contribution < 1.29 is 9.59 Å². The van der Waals surface area contributed by atoms with Gasteiger partial charge in [-0.15, -0.1) is 11.8 Å². The van der Waals surface area contributed by atoms with Crippen LogP contribution in [-0.2, 0) is 4.79 Å². The second-order valence-electron chi connectivity index (χ2n) is 5.59. The van der Waals surface area contributed by atoms with Gasteiger partial charge in [0, 0.05) is 17.3 Å². The van der Waals surface area contributed by atoms with Crippen molar-refractivity contribution in [3.8, 4) is 0 Å². The van der Waals surface area contributed by atoms with Crippen molar-refractivity contribution in [2.75, 3.05) is 17.6 Å². The van der Waals surface area contributed by atoms with E-state index in [-0.39, 0.29) is 18.4 Å². The lowest BCUT2D eigenvalue weighted by molar-refractivity contribution is -0.115. The molecule has 0 unspecified atom stereocenters. The fourth-order valence-electron chi connectivity index (χ4n) is 2.29. The molecule has 0 bridgehead atoms. The van der Waals surface area contributed by atoms with Gasteiger partial charge in [-0.2, -0.15) is 0 Å². The highest BCUT2D eigenvalue weighted by Gasteiger charge is 2.10. The fourth-order valence-corrected chi connectivity index (χ4v) is 3.10. The molecule has 3 N–H and O–H groups in total. The minimum absolute atomic E-state index is 0.150. The molecule has 8 heteroatoms. The summed E-state index contributed by atoms with van der Waals surface area (Å²) in [5, 5.41) is 5.21. The summed E-state index contributed by atoms with van der Waals surface area (Å²) < 4.78 is 0. The number of hydrogen-bond acceptors (Lipinski definition) is 5. The molecule has 26 heavy (non-hydrogen) atoms. The van der Waals surface area contributed by atoms with Crippen molar-refractivity contribution in [2.45, 2.75) is 18.2 Å². The Morgan fingerprint density at radius 2 is 2.15 bits per heavy atom. The molecule has 0 radical (unpaired) electrons. The van der Waals surface area contributed by atoms with E-state index in [0.29, 0.717) is 11.5 Å². The number of imidazole rings is 1. The van der Waals surface area contributed by atoms with Crippen molar-refractivity contribution in [1.29, 1.82) is 0 Å². The Labute approximate surface area is 155 Å². The number of nitrogens with one attached hydrogen (secondary N) is 3. The SMILES string of the molecule is CCCSc1ccc2nc(NC(=O)CNC(=O)c3cccnc3)[nH]c2c1. The maximum absolute atomic E-state index is 12.0. The number of pyridine rings is 1. The van der Waals surface area contributed by atoms with Gasteiger partial charge in [0.25, 0.3) is 5.91 Å². The first-order chi connectivity index (χ1) is 12.7. The lowest BCUT2D eigenvalue weighted by atomic mass is 10.3. The van der Waals surface area contributed by atoms with E-state index in [4.69, 9.17) is 0 Å². The number of aromatic nitrogens is 3. The van der Waals surface area contributed by atoms with Crippen molar-refractivity contribution >= 4 is 40.6 Å². The molecule has 0 saturated carbocycles. The minimum atomic E-state index is -0.359. The van der Waals surface area contributed by atoms with Crippen LogP contribution in [0.5, 0.6) is 0 Å². The molecule has 1 aromatic carbocycles. The first kappa shape index (κ1) is 17.9. The third kappa shape index (κ3) is 4.60. The van der Waals surface area contributed by atoms with Gasteiger partial charge in [0.15, 0.2) is 0 Å². The van der Waals surface area contributed by atoms with E-state index in [9.17, 15) is 9.59 Å². The Morgan fingerprint density at radius 1 is 1.27 bits per heavy atom. The maximum atomic E-state index is 12.0. The van der Waals surface area contributed by atoms with E-state index >= 15 is 0 Å². The quantitative estimate of drug-likeness (QED) is 0.556. The van der Waals surface area contributed by atoms with Gasteiger partial charge in [-0.3, -0.25) is 19.9 Å². The maximum Gasteiger partial charge on any atom is 0.253 e. The highest BCUT2D eigenvalue weighted by atomic mass is 32.2. The van der Waals surface area contributed by atoms with Gasteiger partial charge < -0.3 is 10.3 Å². The van der Waals surface area contributed by atoms with Gasteiger partial charge >= 0.3 is 0 Å². The molecular weight excluding hydrogens is 350 g/mol. The number of aromatic amines is 1. The molecule has 0 atom stereocenters. The number of amides is 2. The van der Waals surface area contributed by atoms with Gasteiger partial charge in [-0.25, -0.2) is 4.98 Å². The molecule has 3 rings (SSSR count). The number of anilines is 1. The zero-order valence-corrected chi connectivity index (χ0v) is 15.1. The number of benzene rings is 1. The summed E-state index contributed by atoms with van der Waals surface area (Å²) in [5.41, 5.74) is 2.04. The van der Waals surface area contributed by atoms with Crippen LogP contribution in [0.3, 0.4) is 0 Å². The fraction of sp³-hybridized carbons (Fsp3) is 0.222. The Balaban J connectivity index is 1.57. The van der Waals surface area contributed by atoms with Crippen molar-refractivity contribution in [3.63, 3.8) is 0 Å². The average Bonchev–Trinajstić information content (AvgIpc) is 3.06. The van der Waals surface area contributed by atoms with E-state index < -0.39 is 0 Å². The first-order valence-electron chi connectivity index (χ1n) is 8.26. The second kappa shape index (κ2) is 8.48. The Kier molecular flexibility index (Phi) is 5.85. The van der Waals surface area contributed by atoms with E-state index in [0.717, 1.165) is 28.1 Å². The topological polar surface area (TPSA) is 99.8 Å². The number of H-pyrrole nitrogens is 1. The normalized spacial score (nSPS) is 10.7. The molecule has 0 aliphatic carbocycles. The van der Waals surface area contributed by atoms with Crippen LogP contribution < -0.4 is 10.6 Å². The van der Waals surface area contributed by atoms with Crippen molar-refractivity contribution in [2.24, 2.45) is 0 Å². The molecule has 2 aromatic heterocycles. The van der Waals surface area contributed by atoms with Crippen LogP contribution in [0.15, 0.2) is 47.6 Å². The van der Waals surface area contributed by atoms with Crippen LogP contribution in [-0.4, -0.2) is 39.1 Å². The van der Waals surface area contributed by atoms with Crippen LogP contribution in [0, 0.1) is 0 Å². The zero-order chi connectivity index (χ0) is 18.4. The van der Waals surface area contributed by atoms with Crippen LogP contribution in [0.1, 0.15) is 23.7 Å². The number of nitrogens with zero attached hydrogens (tertiary/aromatic N) is 2. The summed E-state index contributed by atoms with van der Waals surface area (Å²) in [6.07, 6.45) is 4.13. The Hall–Kier alpha value is -2.87. The van der Waals surface area contributed by atoms with E-state index in [1.165, 1.54) is 6.20 Å². The van der Waals surface area contributed by atoms with E-state index in [2.05, 4.69) is 32.5 Å². The van der Waals surface area contributed by atoms with Crippen molar-refractivity contribution in [3.05, 3.63) is 48.3 Å². The summed E-state index contributed by atoms with van der Waals surface area (Å²) >= 11 is 1.78. The monoisotopic (exact) mass is 369 g/mol. The summed E-state index contributed by atoms with van der Waals surface area (Å²) in [5.74, 6) is 0.704. The number of carbonyl (C=O) groups is 2. The average molecular weight is 369 g/mol. The molecule has 0 aliphatic rings. The van der Waals surface area contributed by atoms with Crippen LogP contribution in [0.4, 0.5) is 5.95 Å². The molecule has 7 nitrogen and oxygen atoms in total. The molecule has 2 heterocycles. The molecule has 0 aliphatic heterocycles.